The second kappa shape index (κ2) is 13.5. The summed E-state index contributed by atoms with van der Waals surface area (Å²) < 4.78 is 4.90. The quantitative estimate of drug-likeness (QED) is 0.422. The summed E-state index contributed by atoms with van der Waals surface area (Å²) in [5.41, 5.74) is 5.13. The Labute approximate surface area is 106 Å². The molecule has 0 heterocycles. The minimum Gasteiger partial charge on any atom is -0.465 e. The minimum atomic E-state index is -0.291. The van der Waals surface area contributed by atoms with Crippen LogP contribution in [-0.2, 0) is 9.53 Å². The summed E-state index contributed by atoms with van der Waals surface area (Å²) in [5.74, 6) is -0.291. The Morgan fingerprint density at radius 1 is 0.882 bits per heavy atom. The number of hydrogen-bond donors (Lipinski definition) is 1. The van der Waals surface area contributed by atoms with Crippen LogP contribution in [0.2, 0.25) is 0 Å². The molecule has 0 aromatic heterocycles. The average Bonchev–Trinajstić information content (AvgIpc) is 2.35. The molecule has 0 radical (unpaired) electrons. The van der Waals surface area contributed by atoms with E-state index in [2.05, 4.69) is 6.92 Å². The maximum absolute atomic E-state index is 10.7. The lowest BCUT2D eigenvalue weighted by atomic mass is 10.1. The van der Waals surface area contributed by atoms with Crippen molar-refractivity contribution in [2.24, 2.45) is 5.73 Å². The number of carbonyl (C=O) groups excluding carboxylic acids is 1. The SMILES string of the molecule is CCCCCCCCCCCCOC(=O)CN. The molecular weight excluding hydrogens is 214 g/mol. The molecule has 0 bridgehead atoms. The molecule has 102 valence electrons. The third-order valence-electron chi connectivity index (χ3n) is 2.93. The second-order valence-electron chi connectivity index (χ2n) is 4.61. The molecule has 0 fully saturated rings. The van der Waals surface area contributed by atoms with E-state index in [9.17, 15) is 4.79 Å². The van der Waals surface area contributed by atoms with Crippen LogP contribution >= 0.6 is 0 Å². The predicted molar refractivity (Wildman–Crippen MR) is 71.9 cm³/mol. The largest absolute Gasteiger partial charge is 0.465 e. The number of esters is 1. The third-order valence-corrected chi connectivity index (χ3v) is 2.93. The zero-order valence-electron chi connectivity index (χ0n) is 11.4. The van der Waals surface area contributed by atoms with E-state index in [1.807, 2.05) is 0 Å². The number of rotatable bonds is 12. The first kappa shape index (κ1) is 16.4. The molecule has 0 aromatic rings. The minimum absolute atomic E-state index is 0.00222. The highest BCUT2D eigenvalue weighted by molar-refractivity contribution is 5.71. The summed E-state index contributed by atoms with van der Waals surface area (Å²) in [6, 6.07) is 0. The monoisotopic (exact) mass is 243 g/mol. The highest BCUT2D eigenvalue weighted by Gasteiger charge is 1.97. The molecule has 0 aliphatic heterocycles. The number of hydrogen-bond acceptors (Lipinski definition) is 3. The first-order chi connectivity index (χ1) is 8.31. The van der Waals surface area contributed by atoms with Gasteiger partial charge in [0.2, 0.25) is 0 Å². The van der Waals surface area contributed by atoms with Crippen molar-refractivity contribution in [1.82, 2.24) is 0 Å². The zero-order valence-corrected chi connectivity index (χ0v) is 11.4. The normalized spacial score (nSPS) is 10.5. The van der Waals surface area contributed by atoms with Gasteiger partial charge < -0.3 is 10.5 Å². The molecule has 0 spiro atoms. The van der Waals surface area contributed by atoms with Gasteiger partial charge >= 0.3 is 5.97 Å². The van der Waals surface area contributed by atoms with Gasteiger partial charge in [0, 0.05) is 0 Å². The topological polar surface area (TPSA) is 52.3 Å². The van der Waals surface area contributed by atoms with Crippen LogP contribution in [0.5, 0.6) is 0 Å². The van der Waals surface area contributed by atoms with Gasteiger partial charge in [-0.1, -0.05) is 64.7 Å². The Balaban J connectivity index is 2.96. The Morgan fingerprint density at radius 2 is 1.35 bits per heavy atom. The van der Waals surface area contributed by atoms with Gasteiger partial charge in [-0.2, -0.15) is 0 Å². The van der Waals surface area contributed by atoms with E-state index >= 15 is 0 Å². The first-order valence-electron chi connectivity index (χ1n) is 7.17. The van der Waals surface area contributed by atoms with Gasteiger partial charge in [0.1, 0.15) is 0 Å². The summed E-state index contributed by atoms with van der Waals surface area (Å²) in [5, 5.41) is 0. The van der Waals surface area contributed by atoms with E-state index in [1.165, 1.54) is 51.4 Å². The molecule has 2 N–H and O–H groups in total. The molecule has 0 saturated heterocycles. The predicted octanol–water partition coefficient (Wildman–Crippen LogP) is 3.41. The van der Waals surface area contributed by atoms with Gasteiger partial charge in [0.25, 0.3) is 0 Å². The van der Waals surface area contributed by atoms with Crippen LogP contribution in [0.15, 0.2) is 0 Å². The van der Waals surface area contributed by atoms with Gasteiger partial charge in [0.05, 0.1) is 13.2 Å². The van der Waals surface area contributed by atoms with Crippen molar-refractivity contribution in [3.8, 4) is 0 Å². The maximum atomic E-state index is 10.7. The summed E-state index contributed by atoms with van der Waals surface area (Å²) in [4.78, 5) is 10.7. The van der Waals surface area contributed by atoms with E-state index in [0.717, 1.165) is 12.8 Å². The van der Waals surface area contributed by atoms with Gasteiger partial charge in [-0.05, 0) is 6.42 Å². The molecule has 0 rings (SSSR count). The average molecular weight is 243 g/mol. The van der Waals surface area contributed by atoms with E-state index < -0.39 is 0 Å². The van der Waals surface area contributed by atoms with Crippen molar-refractivity contribution in [3.63, 3.8) is 0 Å². The van der Waals surface area contributed by atoms with Crippen LogP contribution < -0.4 is 5.73 Å². The van der Waals surface area contributed by atoms with Crippen LogP contribution in [0.3, 0.4) is 0 Å². The van der Waals surface area contributed by atoms with Gasteiger partial charge in [-0.15, -0.1) is 0 Å². The van der Waals surface area contributed by atoms with E-state index in [-0.39, 0.29) is 12.5 Å². The van der Waals surface area contributed by atoms with Crippen molar-refractivity contribution in [2.75, 3.05) is 13.2 Å². The molecule has 0 saturated carbocycles. The fourth-order valence-corrected chi connectivity index (χ4v) is 1.83. The van der Waals surface area contributed by atoms with Crippen molar-refractivity contribution < 1.29 is 9.53 Å². The Kier molecular flexibility index (Phi) is 13.0. The lowest BCUT2D eigenvalue weighted by Gasteiger charge is -2.03. The molecule has 0 aliphatic rings. The highest BCUT2D eigenvalue weighted by atomic mass is 16.5. The van der Waals surface area contributed by atoms with Crippen molar-refractivity contribution >= 4 is 5.97 Å². The van der Waals surface area contributed by atoms with Crippen molar-refractivity contribution in [2.45, 2.75) is 71.1 Å². The smallest absolute Gasteiger partial charge is 0.319 e. The van der Waals surface area contributed by atoms with Crippen molar-refractivity contribution in [3.05, 3.63) is 0 Å². The Hall–Kier alpha value is -0.570. The number of carbonyl (C=O) groups is 1. The van der Waals surface area contributed by atoms with Gasteiger partial charge in [-0.3, -0.25) is 4.79 Å². The summed E-state index contributed by atoms with van der Waals surface area (Å²) >= 11 is 0. The third kappa shape index (κ3) is 13.4. The molecule has 0 amide bonds. The molecule has 0 aliphatic carbocycles. The summed E-state index contributed by atoms with van der Waals surface area (Å²) in [7, 11) is 0. The molecule has 3 nitrogen and oxygen atoms in total. The van der Waals surface area contributed by atoms with Crippen molar-refractivity contribution in [1.29, 1.82) is 0 Å². The van der Waals surface area contributed by atoms with Gasteiger partial charge in [0.15, 0.2) is 0 Å². The van der Waals surface area contributed by atoms with E-state index in [4.69, 9.17) is 10.5 Å². The molecule has 3 heteroatoms. The maximum Gasteiger partial charge on any atom is 0.319 e. The zero-order chi connectivity index (χ0) is 12.8. The van der Waals surface area contributed by atoms with E-state index in [1.54, 1.807) is 0 Å². The van der Waals surface area contributed by atoms with Crippen LogP contribution in [-0.4, -0.2) is 19.1 Å². The molecular formula is C14H29NO2. The summed E-state index contributed by atoms with van der Waals surface area (Å²) in [6.07, 6.45) is 12.9. The lowest BCUT2D eigenvalue weighted by molar-refractivity contribution is -0.142. The van der Waals surface area contributed by atoms with Gasteiger partial charge in [-0.25, -0.2) is 0 Å². The molecule has 0 aromatic carbocycles. The van der Waals surface area contributed by atoms with E-state index in [0.29, 0.717) is 6.61 Å². The lowest BCUT2D eigenvalue weighted by Crippen LogP contribution is -2.17. The molecule has 0 unspecified atom stereocenters. The Bertz CT molecular complexity index is 172. The standard InChI is InChI=1S/C14H29NO2/c1-2-3-4-5-6-7-8-9-10-11-12-17-14(16)13-15/h2-13,15H2,1H3. The molecule has 0 atom stereocenters. The van der Waals surface area contributed by atoms with Crippen LogP contribution in [0.25, 0.3) is 0 Å². The van der Waals surface area contributed by atoms with Crippen LogP contribution in [0.1, 0.15) is 71.1 Å². The number of ether oxygens (including phenoxy) is 1. The molecule has 17 heavy (non-hydrogen) atoms. The van der Waals surface area contributed by atoms with Crippen LogP contribution in [0, 0.1) is 0 Å². The second-order valence-corrected chi connectivity index (χ2v) is 4.61. The highest BCUT2D eigenvalue weighted by Crippen LogP contribution is 2.10. The number of unbranched alkanes of at least 4 members (excludes halogenated alkanes) is 9. The number of nitrogens with two attached hydrogens (primary N) is 1. The summed E-state index contributed by atoms with van der Waals surface area (Å²) in [6.45, 7) is 2.78. The Morgan fingerprint density at radius 3 is 1.82 bits per heavy atom. The fourth-order valence-electron chi connectivity index (χ4n) is 1.83. The van der Waals surface area contributed by atoms with Crippen LogP contribution in [0.4, 0.5) is 0 Å². The first-order valence-corrected chi connectivity index (χ1v) is 7.17. The fraction of sp³-hybridized carbons (Fsp3) is 0.929.